The molecule has 0 bridgehead atoms. The Labute approximate surface area is 303 Å². The molecular formula is C46H51N5. The second kappa shape index (κ2) is 14.3. The van der Waals surface area contributed by atoms with Crippen molar-refractivity contribution >= 4 is 38.6 Å². The first-order valence-electron chi connectivity index (χ1n) is 19.9. The molecule has 0 unspecified atom stereocenters. The average Bonchev–Trinajstić information content (AvgIpc) is 3.57. The van der Waals surface area contributed by atoms with E-state index in [4.69, 9.17) is 21.5 Å². The van der Waals surface area contributed by atoms with Gasteiger partial charge < -0.3 is 4.90 Å². The third kappa shape index (κ3) is 6.23. The normalized spacial score (nSPS) is 21.5. The second-order valence-corrected chi connectivity index (χ2v) is 15.6. The van der Waals surface area contributed by atoms with Crippen LogP contribution in [0.3, 0.4) is 0 Å². The van der Waals surface area contributed by atoms with Crippen LogP contribution in [0.1, 0.15) is 131 Å². The monoisotopic (exact) mass is 673 g/mol. The van der Waals surface area contributed by atoms with Gasteiger partial charge in [0.15, 0.2) is 0 Å². The Balaban J connectivity index is 1.27. The topological polar surface area (TPSA) is 46.8 Å². The number of fused-ring (bicyclic) bond motifs is 5. The maximum Gasteiger partial charge on any atom is 0.238 e. The van der Waals surface area contributed by atoms with E-state index in [1.54, 1.807) is 0 Å². The smallest absolute Gasteiger partial charge is 0.238 e. The lowest BCUT2D eigenvalue weighted by Gasteiger charge is -2.37. The van der Waals surface area contributed by atoms with Gasteiger partial charge in [-0.15, -0.1) is 0 Å². The van der Waals surface area contributed by atoms with Crippen molar-refractivity contribution in [3.05, 3.63) is 114 Å². The van der Waals surface area contributed by atoms with E-state index in [1.807, 2.05) is 0 Å². The van der Waals surface area contributed by atoms with E-state index in [9.17, 15) is 0 Å². The lowest BCUT2D eigenvalue weighted by Crippen LogP contribution is -2.37. The summed E-state index contributed by atoms with van der Waals surface area (Å²) < 4.78 is 2.38. The van der Waals surface area contributed by atoms with Crippen molar-refractivity contribution in [3.8, 4) is 5.95 Å². The van der Waals surface area contributed by atoms with Gasteiger partial charge in [-0.2, -0.15) is 9.97 Å². The molecule has 0 atom stereocenters. The number of para-hydroxylation sites is 1. The quantitative estimate of drug-likeness (QED) is 0.186. The van der Waals surface area contributed by atoms with Crippen molar-refractivity contribution in [3.63, 3.8) is 0 Å². The Kier molecular flexibility index (Phi) is 9.05. The first kappa shape index (κ1) is 32.4. The van der Waals surface area contributed by atoms with Gasteiger partial charge >= 0.3 is 0 Å². The van der Waals surface area contributed by atoms with Crippen molar-refractivity contribution in [2.75, 3.05) is 11.4 Å². The third-order valence-electron chi connectivity index (χ3n) is 12.3. The molecule has 0 N–H and O–H groups in total. The molecule has 3 aromatic carbocycles. The number of nitrogens with zero attached hydrogens (tertiary/aromatic N) is 5. The fourth-order valence-electron chi connectivity index (χ4n) is 9.60. The molecular weight excluding hydrogens is 623 g/mol. The maximum absolute atomic E-state index is 5.41. The molecule has 4 aliphatic rings. The van der Waals surface area contributed by atoms with Crippen LogP contribution in [-0.4, -0.2) is 32.1 Å². The van der Waals surface area contributed by atoms with Crippen molar-refractivity contribution < 1.29 is 0 Å². The summed E-state index contributed by atoms with van der Waals surface area (Å²) in [5, 5.41) is 2.55. The number of aromatic nitrogens is 4. The van der Waals surface area contributed by atoms with E-state index in [0.29, 0.717) is 17.9 Å². The van der Waals surface area contributed by atoms with Crippen molar-refractivity contribution in [1.82, 2.24) is 19.5 Å². The minimum Gasteiger partial charge on any atom is -0.364 e. The molecule has 0 amide bonds. The molecule has 51 heavy (non-hydrogen) atoms. The van der Waals surface area contributed by atoms with E-state index in [2.05, 4.69) is 94.4 Å². The van der Waals surface area contributed by atoms with Crippen LogP contribution in [0.2, 0.25) is 0 Å². The Hall–Kier alpha value is -4.51. The molecule has 1 aliphatic heterocycles. The average molecular weight is 674 g/mol. The molecule has 3 saturated carbocycles. The standard InChI is InChI=1S/C46H51N5/c1-32-26-27-34(33-16-6-2-7-17-33)30-31-50(37-22-12-5-13-23-37)43-38(32)28-29-41-42(43)39-24-14-15-25-40(39)51(41)46-48-44(35-18-8-3-9-19-35)47-45(49-46)36-20-10-4-11-21-36/h2,6-7,14-17,24-30,35-37H,1,3-5,8-13,18-23,31H2/b27-26-,34-30+. The molecule has 5 nitrogen and oxygen atoms in total. The van der Waals surface area contributed by atoms with Gasteiger partial charge in [0.05, 0.1) is 16.7 Å². The van der Waals surface area contributed by atoms with E-state index in [0.717, 1.165) is 29.7 Å². The molecule has 3 aliphatic carbocycles. The lowest BCUT2D eigenvalue weighted by molar-refractivity contribution is 0.407. The highest BCUT2D eigenvalue weighted by molar-refractivity contribution is 6.17. The molecule has 5 heteroatoms. The minimum absolute atomic E-state index is 0.419. The Morgan fingerprint density at radius 1 is 0.588 bits per heavy atom. The Morgan fingerprint density at radius 3 is 1.90 bits per heavy atom. The van der Waals surface area contributed by atoms with Crippen LogP contribution in [0.5, 0.6) is 0 Å². The predicted molar refractivity (Wildman–Crippen MR) is 213 cm³/mol. The van der Waals surface area contributed by atoms with Crippen LogP contribution in [-0.2, 0) is 0 Å². The van der Waals surface area contributed by atoms with Crippen LogP contribution < -0.4 is 4.90 Å². The largest absolute Gasteiger partial charge is 0.364 e. The summed E-state index contributed by atoms with van der Waals surface area (Å²) in [6.07, 6.45) is 25.7. The van der Waals surface area contributed by atoms with Gasteiger partial charge in [0, 0.05) is 40.8 Å². The molecule has 9 rings (SSSR count). The number of allylic oxidation sites excluding steroid dienone is 4. The first-order valence-corrected chi connectivity index (χ1v) is 19.9. The van der Waals surface area contributed by atoms with Crippen LogP contribution in [0.4, 0.5) is 5.69 Å². The van der Waals surface area contributed by atoms with Gasteiger partial charge in [-0.1, -0.05) is 137 Å². The second-order valence-electron chi connectivity index (χ2n) is 15.6. The SMILES string of the molecule is C=C1/C=C\C(c2ccccc2)=C/CN(C2CCCCC2)c2c1ccc1c2c2ccccc2n1-c1nc(C2CCCCC2)nc(C2CCCCC2)n1. The van der Waals surface area contributed by atoms with E-state index >= 15 is 0 Å². The third-order valence-corrected chi connectivity index (χ3v) is 12.3. The summed E-state index contributed by atoms with van der Waals surface area (Å²) in [5.74, 6) is 3.68. The van der Waals surface area contributed by atoms with E-state index in [-0.39, 0.29) is 0 Å². The zero-order chi connectivity index (χ0) is 34.1. The maximum atomic E-state index is 5.41. The Bertz CT molecular complexity index is 2070. The van der Waals surface area contributed by atoms with Gasteiger partial charge in [-0.25, -0.2) is 4.98 Å². The fourth-order valence-corrected chi connectivity index (χ4v) is 9.60. The number of anilines is 1. The lowest BCUT2D eigenvalue weighted by atomic mass is 9.87. The molecule has 2 aromatic heterocycles. The summed E-state index contributed by atoms with van der Waals surface area (Å²) in [6, 6.07) is 24.9. The molecule has 260 valence electrons. The highest BCUT2D eigenvalue weighted by atomic mass is 15.2. The molecule has 0 radical (unpaired) electrons. The van der Waals surface area contributed by atoms with Gasteiger partial charge in [0.25, 0.3) is 0 Å². The molecule has 0 saturated heterocycles. The van der Waals surface area contributed by atoms with Crippen molar-refractivity contribution in [2.45, 2.75) is 114 Å². The zero-order valence-corrected chi connectivity index (χ0v) is 30.1. The summed E-state index contributed by atoms with van der Waals surface area (Å²) in [6.45, 7) is 5.55. The van der Waals surface area contributed by atoms with Crippen LogP contribution >= 0.6 is 0 Å². The number of hydrogen-bond acceptors (Lipinski definition) is 4. The number of hydrogen-bond donors (Lipinski definition) is 0. The van der Waals surface area contributed by atoms with Gasteiger partial charge in [0.2, 0.25) is 5.95 Å². The summed E-state index contributed by atoms with van der Waals surface area (Å²) in [7, 11) is 0. The summed E-state index contributed by atoms with van der Waals surface area (Å²) >= 11 is 0. The van der Waals surface area contributed by atoms with Crippen molar-refractivity contribution in [2.24, 2.45) is 0 Å². The summed E-state index contributed by atoms with van der Waals surface area (Å²) in [4.78, 5) is 18.9. The van der Waals surface area contributed by atoms with Crippen LogP contribution in [0, 0.1) is 0 Å². The van der Waals surface area contributed by atoms with Gasteiger partial charge in [-0.05, 0) is 67.4 Å². The first-order chi connectivity index (χ1) is 25.2. The highest BCUT2D eigenvalue weighted by Gasteiger charge is 2.30. The van der Waals surface area contributed by atoms with Crippen LogP contribution in [0.25, 0.3) is 38.9 Å². The van der Waals surface area contributed by atoms with E-state index in [1.165, 1.54) is 141 Å². The van der Waals surface area contributed by atoms with Gasteiger partial charge in [-0.3, -0.25) is 4.57 Å². The van der Waals surface area contributed by atoms with E-state index < -0.39 is 0 Å². The molecule has 0 spiro atoms. The number of rotatable bonds is 5. The van der Waals surface area contributed by atoms with Crippen LogP contribution in [0.15, 0.2) is 91.5 Å². The van der Waals surface area contributed by atoms with Crippen molar-refractivity contribution in [1.29, 1.82) is 0 Å². The molecule has 3 fully saturated rings. The Morgan fingerprint density at radius 2 is 1.22 bits per heavy atom. The summed E-state index contributed by atoms with van der Waals surface area (Å²) in [5.41, 5.74) is 8.42. The zero-order valence-electron chi connectivity index (χ0n) is 30.1. The fraction of sp³-hybridized carbons (Fsp3) is 0.413. The predicted octanol–water partition coefficient (Wildman–Crippen LogP) is 11.9. The number of benzene rings is 3. The molecule has 5 aromatic rings. The van der Waals surface area contributed by atoms with Gasteiger partial charge in [0.1, 0.15) is 11.6 Å². The molecule has 3 heterocycles. The minimum atomic E-state index is 0.419. The highest BCUT2D eigenvalue weighted by Crippen LogP contribution is 2.45.